The molecule has 0 spiro atoms. The third-order valence-electron chi connectivity index (χ3n) is 12.5. The van der Waals surface area contributed by atoms with E-state index in [-0.39, 0.29) is 25.9 Å². The standard InChI is InChI=1S/C41H74N2O16/c1-13-29-26(19-55-41-39(54-12)38(53-11)35(48)24(6)57-41)33(46)20(2)14-15-27(42-50)21(3)16-25(17-31(51-9)52-10)37(22(4)28(44)18-30(45)58-29)59-40-36(49)32(43(7)8)34(47)23(5)56-40/h14,21-26,28-29,31-41,44,46-50H,13,15-19H2,1-12H3/b20-14-,42-27+/t21-,22+,23-,24-,25?,26-,28-,29-,32+,33?,34-,35-,36-,37-,38-,39-,40+,41-/m1/s1. The van der Waals surface area contributed by atoms with Gasteiger partial charge in [-0.3, -0.25) is 4.79 Å². The maximum atomic E-state index is 13.8. The molecule has 0 aliphatic carbocycles. The van der Waals surface area contributed by atoms with Crippen LogP contribution in [-0.2, 0) is 47.4 Å². The quantitative estimate of drug-likeness (QED) is 0.0506. The van der Waals surface area contributed by atoms with Gasteiger partial charge in [-0.05, 0) is 65.1 Å². The molecule has 3 heterocycles. The summed E-state index contributed by atoms with van der Waals surface area (Å²) in [6.45, 7) is 10.3. The number of rotatable bonds is 13. The molecule has 0 amide bonds. The molecule has 2 saturated heterocycles. The molecule has 18 heteroatoms. The smallest absolute Gasteiger partial charge is 0.308 e. The van der Waals surface area contributed by atoms with Crippen LogP contribution in [-0.4, -0.2) is 189 Å². The number of hydrogen-bond donors (Lipinski definition) is 6. The summed E-state index contributed by atoms with van der Waals surface area (Å²) in [7, 11) is 9.35. The number of nitrogens with zero attached hydrogens (tertiary/aromatic N) is 2. The molecule has 0 aromatic carbocycles. The average molecular weight is 851 g/mol. The van der Waals surface area contributed by atoms with Crippen molar-refractivity contribution in [1.82, 2.24) is 4.90 Å². The largest absolute Gasteiger partial charge is 0.462 e. The third-order valence-corrected chi connectivity index (χ3v) is 12.5. The van der Waals surface area contributed by atoms with Crippen LogP contribution in [0.15, 0.2) is 16.8 Å². The Labute approximate surface area is 349 Å². The van der Waals surface area contributed by atoms with Crippen molar-refractivity contribution in [2.45, 2.75) is 166 Å². The number of methoxy groups -OCH3 is 4. The number of ether oxygens (including phenoxy) is 9. The first-order valence-corrected chi connectivity index (χ1v) is 20.7. The fraction of sp³-hybridized carbons (Fsp3) is 0.902. The molecular weight excluding hydrogens is 776 g/mol. The molecule has 0 bridgehead atoms. The lowest BCUT2D eigenvalue weighted by Gasteiger charge is -2.47. The highest BCUT2D eigenvalue weighted by Crippen LogP contribution is 2.36. The van der Waals surface area contributed by atoms with Gasteiger partial charge in [-0.15, -0.1) is 0 Å². The van der Waals surface area contributed by atoms with Crippen molar-refractivity contribution in [2.24, 2.45) is 28.8 Å². The molecule has 3 aliphatic rings. The van der Waals surface area contributed by atoms with E-state index in [0.29, 0.717) is 17.7 Å². The van der Waals surface area contributed by atoms with E-state index in [0.717, 1.165) is 0 Å². The molecule has 0 radical (unpaired) electrons. The van der Waals surface area contributed by atoms with Crippen LogP contribution in [0.2, 0.25) is 0 Å². The van der Waals surface area contributed by atoms with Crippen LogP contribution in [0.4, 0.5) is 0 Å². The van der Waals surface area contributed by atoms with Gasteiger partial charge in [-0.1, -0.05) is 32.0 Å². The molecule has 3 aliphatic heterocycles. The Morgan fingerprint density at radius 2 is 1.49 bits per heavy atom. The van der Waals surface area contributed by atoms with Crippen molar-refractivity contribution in [3.05, 3.63) is 11.6 Å². The van der Waals surface area contributed by atoms with Gasteiger partial charge in [0, 0.05) is 53.1 Å². The van der Waals surface area contributed by atoms with Crippen molar-refractivity contribution in [1.29, 1.82) is 0 Å². The number of hydrogen-bond acceptors (Lipinski definition) is 18. The zero-order chi connectivity index (χ0) is 44.3. The van der Waals surface area contributed by atoms with E-state index in [1.54, 1.807) is 59.7 Å². The SMILES string of the molecule is CC[C@H]1OC(=O)C[C@@H](O)[C@H](C)[C@@H](O[C@@H]2O[C@H](C)[C@@H](O)[C@H](N(C)C)[C@H]2O)C(CC(OC)OC)C[C@@H](C)/C(=N/O)C/C=C(/C)C(O)[C@@H]1CO[C@@H]1O[C@H](C)[C@@H](O)[C@@H](OC)[C@H]1OC. The van der Waals surface area contributed by atoms with Crippen LogP contribution >= 0.6 is 0 Å². The second-order valence-electron chi connectivity index (χ2n) is 16.6. The average Bonchev–Trinajstić information content (AvgIpc) is 3.20. The molecule has 0 aromatic heterocycles. The summed E-state index contributed by atoms with van der Waals surface area (Å²) in [4.78, 5) is 15.5. The summed E-state index contributed by atoms with van der Waals surface area (Å²) < 4.78 is 53.3. The van der Waals surface area contributed by atoms with E-state index in [2.05, 4.69) is 5.16 Å². The minimum atomic E-state index is -1.34. The van der Waals surface area contributed by atoms with Crippen molar-refractivity contribution in [2.75, 3.05) is 49.1 Å². The number of likely N-dealkylation sites (N-methyl/N-ethyl adjacent to an activating group) is 1. The van der Waals surface area contributed by atoms with Gasteiger partial charge >= 0.3 is 5.97 Å². The van der Waals surface area contributed by atoms with Gasteiger partial charge in [-0.2, -0.15) is 0 Å². The minimum absolute atomic E-state index is 0.145. The minimum Gasteiger partial charge on any atom is -0.462 e. The number of esters is 1. The van der Waals surface area contributed by atoms with Gasteiger partial charge in [0.1, 0.15) is 30.5 Å². The first-order chi connectivity index (χ1) is 27.9. The van der Waals surface area contributed by atoms with Gasteiger partial charge in [0.25, 0.3) is 0 Å². The van der Waals surface area contributed by atoms with E-state index >= 15 is 0 Å². The fourth-order valence-corrected chi connectivity index (χ4v) is 8.62. The van der Waals surface area contributed by atoms with Gasteiger partial charge in [0.2, 0.25) is 0 Å². The van der Waals surface area contributed by atoms with Crippen LogP contribution in [0.5, 0.6) is 0 Å². The van der Waals surface area contributed by atoms with E-state index in [1.165, 1.54) is 28.4 Å². The van der Waals surface area contributed by atoms with E-state index < -0.39 is 128 Å². The van der Waals surface area contributed by atoms with Crippen LogP contribution in [0.1, 0.15) is 73.6 Å². The molecular formula is C41H74N2O16. The summed E-state index contributed by atoms with van der Waals surface area (Å²) in [5.74, 6) is -3.27. The number of allylic oxidation sites excluding steroid dienone is 1. The first-order valence-electron chi connectivity index (χ1n) is 20.7. The molecule has 2 fully saturated rings. The normalized spacial score (nSPS) is 42.8. The second-order valence-corrected chi connectivity index (χ2v) is 16.6. The lowest BCUT2D eigenvalue weighted by molar-refractivity contribution is -0.306. The lowest BCUT2D eigenvalue weighted by Crippen LogP contribution is -2.63. The number of carbonyl (C=O) groups is 1. The Morgan fingerprint density at radius 1 is 0.881 bits per heavy atom. The Bertz CT molecular complexity index is 1320. The number of aliphatic hydroxyl groups is 5. The molecule has 0 saturated carbocycles. The molecule has 344 valence electrons. The Hall–Kier alpha value is -1.88. The van der Waals surface area contributed by atoms with Crippen LogP contribution < -0.4 is 0 Å². The molecule has 59 heavy (non-hydrogen) atoms. The van der Waals surface area contributed by atoms with Crippen molar-refractivity contribution < 1.29 is 78.2 Å². The highest BCUT2D eigenvalue weighted by atomic mass is 16.7. The maximum Gasteiger partial charge on any atom is 0.308 e. The highest BCUT2D eigenvalue weighted by molar-refractivity contribution is 5.87. The summed E-state index contributed by atoms with van der Waals surface area (Å²) in [5, 5.41) is 70.8. The molecule has 2 unspecified atom stereocenters. The van der Waals surface area contributed by atoms with E-state index in [4.69, 9.17) is 42.6 Å². The van der Waals surface area contributed by atoms with E-state index in [1.807, 2.05) is 6.92 Å². The molecule has 6 N–H and O–H groups in total. The summed E-state index contributed by atoms with van der Waals surface area (Å²) in [5.41, 5.74) is 0.897. The summed E-state index contributed by atoms with van der Waals surface area (Å²) in [6, 6.07) is -0.740. The van der Waals surface area contributed by atoms with Crippen LogP contribution in [0.3, 0.4) is 0 Å². The Balaban J connectivity index is 2.07. The second kappa shape index (κ2) is 24.1. The lowest BCUT2D eigenvalue weighted by atomic mass is 9.78. The van der Waals surface area contributed by atoms with Gasteiger partial charge in [-0.25, -0.2) is 0 Å². The van der Waals surface area contributed by atoms with Crippen LogP contribution in [0.25, 0.3) is 0 Å². The molecule has 18 atom stereocenters. The van der Waals surface area contributed by atoms with Crippen molar-refractivity contribution in [3.63, 3.8) is 0 Å². The fourth-order valence-electron chi connectivity index (χ4n) is 8.62. The van der Waals surface area contributed by atoms with Gasteiger partial charge in [0.15, 0.2) is 18.9 Å². The van der Waals surface area contributed by atoms with E-state index in [9.17, 15) is 35.5 Å². The topological polar surface area (TPSA) is 237 Å². The first kappa shape index (κ1) is 51.5. The Kier molecular flexibility index (Phi) is 21.0. The highest BCUT2D eigenvalue weighted by Gasteiger charge is 2.48. The van der Waals surface area contributed by atoms with Crippen molar-refractivity contribution >= 4 is 11.7 Å². The van der Waals surface area contributed by atoms with Gasteiger partial charge < -0.3 is 78.3 Å². The molecule has 18 nitrogen and oxygen atoms in total. The zero-order valence-electron chi connectivity index (χ0n) is 36.9. The predicted octanol–water partition coefficient (Wildman–Crippen LogP) is 1.44. The third kappa shape index (κ3) is 13.1. The maximum absolute atomic E-state index is 13.8. The summed E-state index contributed by atoms with van der Waals surface area (Å²) in [6.07, 6.45) is -11.3. The van der Waals surface area contributed by atoms with Crippen molar-refractivity contribution in [3.8, 4) is 0 Å². The number of carbonyl (C=O) groups excluding carboxylic acids is 1. The molecule has 0 aromatic rings. The Morgan fingerprint density at radius 3 is 2.05 bits per heavy atom. The van der Waals surface area contributed by atoms with Gasteiger partial charge in [0.05, 0.1) is 61.4 Å². The number of oxime groups is 1. The predicted molar refractivity (Wildman–Crippen MR) is 213 cm³/mol. The molecule has 3 rings (SSSR count). The zero-order valence-corrected chi connectivity index (χ0v) is 36.9. The monoisotopic (exact) mass is 851 g/mol. The number of cyclic esters (lactones) is 1. The summed E-state index contributed by atoms with van der Waals surface area (Å²) >= 11 is 0. The number of aliphatic hydroxyl groups excluding tert-OH is 5. The van der Waals surface area contributed by atoms with Crippen LogP contribution in [0, 0.1) is 23.7 Å².